The third kappa shape index (κ3) is 3.63. The van der Waals surface area contributed by atoms with E-state index in [1.165, 1.54) is 11.1 Å². The molecule has 1 aliphatic heterocycles. The van der Waals surface area contributed by atoms with Crippen LogP contribution in [0.2, 0.25) is 0 Å². The van der Waals surface area contributed by atoms with E-state index in [2.05, 4.69) is 31.2 Å². The number of piperidine rings is 1. The molecule has 4 nitrogen and oxygen atoms in total. The lowest BCUT2D eigenvalue weighted by molar-refractivity contribution is -0.144. The highest BCUT2D eigenvalue weighted by Crippen LogP contribution is 2.38. The van der Waals surface area contributed by atoms with E-state index in [0.29, 0.717) is 12.3 Å². The molecule has 24 heavy (non-hydrogen) atoms. The summed E-state index contributed by atoms with van der Waals surface area (Å²) >= 11 is 0. The van der Waals surface area contributed by atoms with E-state index in [1.54, 1.807) is 0 Å². The van der Waals surface area contributed by atoms with E-state index in [-0.39, 0.29) is 17.7 Å². The molecule has 1 aromatic carbocycles. The second-order valence-corrected chi connectivity index (χ2v) is 7.70. The summed E-state index contributed by atoms with van der Waals surface area (Å²) in [6.45, 7) is 3.65. The third-order valence-corrected chi connectivity index (χ3v) is 5.73. The van der Waals surface area contributed by atoms with Crippen LogP contribution >= 0.6 is 0 Å². The van der Waals surface area contributed by atoms with Crippen molar-refractivity contribution in [2.75, 3.05) is 13.1 Å². The summed E-state index contributed by atoms with van der Waals surface area (Å²) in [6.07, 6.45) is 5.60. The third-order valence-electron chi connectivity index (χ3n) is 5.73. The zero-order valence-corrected chi connectivity index (χ0v) is 14.5. The number of carbonyl (C=O) groups excluding carboxylic acids is 1. The molecule has 3 rings (SSSR count). The van der Waals surface area contributed by atoms with Gasteiger partial charge in [-0.1, -0.05) is 31.2 Å². The Morgan fingerprint density at radius 1 is 1.29 bits per heavy atom. The molecule has 2 unspecified atom stereocenters. The Morgan fingerprint density at radius 2 is 2.04 bits per heavy atom. The van der Waals surface area contributed by atoms with Crippen molar-refractivity contribution < 1.29 is 14.7 Å². The Kier molecular flexibility index (Phi) is 4.93. The Bertz CT molecular complexity index is 627. The van der Waals surface area contributed by atoms with Crippen molar-refractivity contribution in [1.82, 2.24) is 4.90 Å². The number of likely N-dealkylation sites (tertiary alicyclic amines) is 1. The average Bonchev–Trinajstić information content (AvgIpc) is 2.59. The van der Waals surface area contributed by atoms with Crippen molar-refractivity contribution in [3.8, 4) is 0 Å². The first kappa shape index (κ1) is 17.0. The quantitative estimate of drug-likeness (QED) is 0.922. The minimum Gasteiger partial charge on any atom is -0.481 e. The maximum atomic E-state index is 13.2. The van der Waals surface area contributed by atoms with Crippen molar-refractivity contribution >= 4 is 11.9 Å². The summed E-state index contributed by atoms with van der Waals surface area (Å²) in [5.74, 6) is -0.149. The Hall–Kier alpha value is -1.84. The molecule has 1 amide bonds. The summed E-state index contributed by atoms with van der Waals surface area (Å²) in [4.78, 5) is 26.0. The second-order valence-electron chi connectivity index (χ2n) is 7.70. The molecule has 1 aliphatic carbocycles. The van der Waals surface area contributed by atoms with Crippen LogP contribution in [0.4, 0.5) is 0 Å². The topological polar surface area (TPSA) is 57.6 Å². The fraction of sp³-hybridized carbons (Fsp3) is 0.600. The summed E-state index contributed by atoms with van der Waals surface area (Å²) in [5, 5.41) is 8.88. The van der Waals surface area contributed by atoms with Gasteiger partial charge in [-0.3, -0.25) is 9.59 Å². The van der Waals surface area contributed by atoms with Gasteiger partial charge < -0.3 is 10.0 Å². The second kappa shape index (κ2) is 6.96. The Morgan fingerprint density at radius 3 is 2.79 bits per heavy atom. The molecule has 2 aliphatic rings. The van der Waals surface area contributed by atoms with Gasteiger partial charge in [0.15, 0.2) is 0 Å². The number of aryl methyl sites for hydroxylation is 1. The van der Waals surface area contributed by atoms with Crippen molar-refractivity contribution in [3.63, 3.8) is 0 Å². The number of benzene rings is 1. The van der Waals surface area contributed by atoms with E-state index in [0.717, 1.165) is 45.2 Å². The fourth-order valence-electron chi connectivity index (χ4n) is 4.27. The molecular formula is C20H27NO3. The van der Waals surface area contributed by atoms with Crippen LogP contribution < -0.4 is 0 Å². The molecule has 0 aromatic heterocycles. The van der Waals surface area contributed by atoms with Crippen molar-refractivity contribution in [3.05, 3.63) is 35.4 Å². The van der Waals surface area contributed by atoms with E-state index in [9.17, 15) is 9.59 Å². The smallest absolute Gasteiger partial charge is 0.303 e. The number of hydrogen-bond donors (Lipinski definition) is 1. The number of amides is 1. The average molecular weight is 329 g/mol. The first-order chi connectivity index (χ1) is 11.5. The molecule has 4 heteroatoms. The molecule has 0 spiro atoms. The number of aliphatic carboxylic acids is 1. The highest BCUT2D eigenvalue weighted by atomic mass is 16.4. The zero-order valence-electron chi connectivity index (χ0n) is 14.5. The summed E-state index contributed by atoms with van der Waals surface area (Å²) < 4.78 is 0. The monoisotopic (exact) mass is 329 g/mol. The molecule has 130 valence electrons. The van der Waals surface area contributed by atoms with E-state index in [1.807, 2.05) is 4.90 Å². The minimum absolute atomic E-state index is 0.206. The van der Waals surface area contributed by atoms with Gasteiger partial charge in [0.2, 0.25) is 5.91 Å². The normalized spacial score (nSPS) is 26.7. The van der Waals surface area contributed by atoms with E-state index >= 15 is 0 Å². The molecule has 0 saturated carbocycles. The van der Waals surface area contributed by atoms with Crippen LogP contribution in [-0.2, 0) is 22.4 Å². The van der Waals surface area contributed by atoms with Crippen molar-refractivity contribution in [2.24, 2.45) is 11.3 Å². The van der Waals surface area contributed by atoms with Crippen LogP contribution in [0.5, 0.6) is 0 Å². The lowest BCUT2D eigenvalue weighted by Crippen LogP contribution is -2.49. The fourth-order valence-corrected chi connectivity index (χ4v) is 4.27. The molecule has 0 radical (unpaired) electrons. The van der Waals surface area contributed by atoms with Crippen LogP contribution in [0, 0.1) is 11.3 Å². The molecule has 1 aromatic rings. The summed E-state index contributed by atoms with van der Waals surface area (Å²) in [7, 11) is 0. The highest BCUT2D eigenvalue weighted by Gasteiger charge is 2.40. The highest BCUT2D eigenvalue weighted by molar-refractivity contribution is 5.83. The lowest BCUT2D eigenvalue weighted by atomic mass is 9.71. The van der Waals surface area contributed by atoms with Crippen LogP contribution in [0.25, 0.3) is 0 Å². The van der Waals surface area contributed by atoms with Gasteiger partial charge in [0, 0.05) is 19.5 Å². The molecule has 1 heterocycles. The number of carbonyl (C=O) groups is 2. The first-order valence-corrected chi connectivity index (χ1v) is 9.06. The van der Waals surface area contributed by atoms with Crippen LogP contribution in [-0.4, -0.2) is 35.0 Å². The largest absolute Gasteiger partial charge is 0.481 e. The number of nitrogens with zero attached hydrogens (tertiary/aromatic N) is 1. The number of rotatable bonds is 4. The van der Waals surface area contributed by atoms with Gasteiger partial charge in [-0.15, -0.1) is 0 Å². The van der Waals surface area contributed by atoms with Crippen molar-refractivity contribution in [2.45, 2.75) is 51.9 Å². The Balaban J connectivity index is 1.66. The molecular weight excluding hydrogens is 302 g/mol. The van der Waals surface area contributed by atoms with Crippen LogP contribution in [0.1, 0.15) is 50.2 Å². The molecule has 1 N–H and O–H groups in total. The first-order valence-electron chi connectivity index (χ1n) is 9.06. The lowest BCUT2D eigenvalue weighted by Gasteiger charge is -2.41. The summed E-state index contributed by atoms with van der Waals surface area (Å²) in [6, 6.07) is 8.44. The van der Waals surface area contributed by atoms with E-state index in [4.69, 9.17) is 5.11 Å². The maximum Gasteiger partial charge on any atom is 0.303 e. The number of carboxylic acids is 1. The molecule has 2 atom stereocenters. The van der Waals surface area contributed by atoms with Gasteiger partial charge in [-0.05, 0) is 55.6 Å². The molecule has 0 bridgehead atoms. The van der Waals surface area contributed by atoms with Gasteiger partial charge in [-0.2, -0.15) is 0 Å². The molecule has 1 fully saturated rings. The standard InChI is InChI=1S/C20H27NO3/c1-20(11-10-16-6-2-3-7-17(16)13-20)19(24)21-12-4-5-15(14-21)8-9-18(22)23/h2-3,6-7,15H,4-5,8-14H2,1H3,(H,22,23). The predicted octanol–water partition coefficient (Wildman–Crippen LogP) is 3.29. The van der Waals surface area contributed by atoms with E-state index < -0.39 is 5.97 Å². The van der Waals surface area contributed by atoms with Gasteiger partial charge >= 0.3 is 5.97 Å². The zero-order chi connectivity index (χ0) is 17.2. The van der Waals surface area contributed by atoms with Gasteiger partial charge in [-0.25, -0.2) is 0 Å². The van der Waals surface area contributed by atoms with Gasteiger partial charge in [0.25, 0.3) is 0 Å². The van der Waals surface area contributed by atoms with Crippen LogP contribution in [0.3, 0.4) is 0 Å². The number of carboxylic acid groups (broad SMARTS) is 1. The predicted molar refractivity (Wildman–Crippen MR) is 92.7 cm³/mol. The number of hydrogen-bond acceptors (Lipinski definition) is 2. The SMILES string of the molecule is CC1(C(=O)N2CCCC(CCC(=O)O)C2)CCc2ccccc2C1. The maximum absolute atomic E-state index is 13.2. The number of fused-ring (bicyclic) bond motifs is 1. The minimum atomic E-state index is -0.741. The Labute approximate surface area is 143 Å². The van der Waals surface area contributed by atoms with Gasteiger partial charge in [0.1, 0.15) is 0 Å². The van der Waals surface area contributed by atoms with Crippen molar-refractivity contribution in [1.29, 1.82) is 0 Å². The van der Waals surface area contributed by atoms with Crippen LogP contribution in [0.15, 0.2) is 24.3 Å². The summed E-state index contributed by atoms with van der Waals surface area (Å²) in [5.41, 5.74) is 2.36. The van der Waals surface area contributed by atoms with Gasteiger partial charge in [0.05, 0.1) is 5.41 Å². The molecule has 1 saturated heterocycles.